The summed E-state index contributed by atoms with van der Waals surface area (Å²) in [6.07, 6.45) is -0.527. The lowest BCUT2D eigenvalue weighted by Gasteiger charge is -2.02. The summed E-state index contributed by atoms with van der Waals surface area (Å²) < 4.78 is 5.73. The highest BCUT2D eigenvalue weighted by molar-refractivity contribution is 9.10. The van der Waals surface area contributed by atoms with E-state index in [4.69, 9.17) is 4.74 Å². The minimum atomic E-state index is -0.527. The van der Waals surface area contributed by atoms with Gasteiger partial charge in [0, 0.05) is 4.47 Å². The molecule has 0 unspecified atom stereocenters. The highest BCUT2D eigenvalue weighted by Gasteiger charge is 2.11. The second-order valence-electron chi connectivity index (χ2n) is 4.65. The van der Waals surface area contributed by atoms with E-state index in [2.05, 4.69) is 31.2 Å². The lowest BCUT2D eigenvalue weighted by Crippen LogP contribution is -2.14. The van der Waals surface area contributed by atoms with Gasteiger partial charge in [-0.1, -0.05) is 30.3 Å². The fraction of sp³-hybridized carbons (Fsp3) is 0.125. The van der Waals surface area contributed by atoms with Gasteiger partial charge in [0.05, 0.1) is 17.6 Å². The summed E-state index contributed by atoms with van der Waals surface area (Å²) in [7, 11) is 0. The molecule has 5 nitrogen and oxygen atoms in total. The molecule has 3 aromatic rings. The van der Waals surface area contributed by atoms with E-state index in [0.29, 0.717) is 12.6 Å². The molecule has 0 aliphatic carbocycles. The van der Waals surface area contributed by atoms with Crippen molar-refractivity contribution < 1.29 is 9.53 Å². The summed E-state index contributed by atoms with van der Waals surface area (Å²) >= 11 is 3.54. The van der Waals surface area contributed by atoms with Gasteiger partial charge in [-0.2, -0.15) is 0 Å². The number of benzene rings is 2. The van der Waals surface area contributed by atoms with Crippen molar-refractivity contribution in [3.8, 4) is 11.1 Å². The zero-order chi connectivity index (χ0) is 15.5. The van der Waals surface area contributed by atoms with Gasteiger partial charge in [0.25, 0.3) is 0 Å². The van der Waals surface area contributed by atoms with Gasteiger partial charge in [0.15, 0.2) is 0 Å². The first kappa shape index (κ1) is 14.6. The fourth-order valence-corrected chi connectivity index (χ4v) is 2.74. The van der Waals surface area contributed by atoms with Crippen LogP contribution in [0, 0.1) is 0 Å². The van der Waals surface area contributed by atoms with Gasteiger partial charge in [-0.15, -0.1) is 0 Å². The predicted molar refractivity (Wildman–Crippen MR) is 89.9 cm³/mol. The number of carbonyl (C=O) groups excluding carboxylic acids is 1. The average molecular weight is 360 g/mol. The molecule has 1 amide bonds. The standard InChI is InChI=1S/C16H14BrN3O2/c1-2-22-16(21)20-15-18-13-9-11(8-12(17)14(13)19-15)10-6-4-3-5-7-10/h3-9H,2H2,1H3,(H2,18,19,20,21). The number of H-pyrrole nitrogens is 1. The Morgan fingerprint density at radius 1 is 1.27 bits per heavy atom. The Bertz CT molecular complexity index is 815. The smallest absolute Gasteiger partial charge is 0.413 e. The molecule has 1 heterocycles. The first-order valence-electron chi connectivity index (χ1n) is 6.86. The Morgan fingerprint density at radius 3 is 2.77 bits per heavy atom. The predicted octanol–water partition coefficient (Wildman–Crippen LogP) is 4.56. The fourth-order valence-electron chi connectivity index (χ4n) is 2.19. The average Bonchev–Trinajstić information content (AvgIpc) is 2.91. The monoisotopic (exact) mass is 359 g/mol. The molecule has 112 valence electrons. The molecule has 0 bridgehead atoms. The number of nitrogens with one attached hydrogen (secondary N) is 2. The minimum Gasteiger partial charge on any atom is -0.450 e. The number of aromatic nitrogens is 2. The van der Waals surface area contributed by atoms with Crippen LogP contribution in [0.1, 0.15) is 6.92 Å². The zero-order valence-corrected chi connectivity index (χ0v) is 13.5. The number of ether oxygens (including phenoxy) is 1. The molecule has 0 aliphatic rings. The second kappa shape index (κ2) is 6.19. The number of hydrogen-bond acceptors (Lipinski definition) is 3. The van der Waals surface area contributed by atoms with E-state index < -0.39 is 6.09 Å². The van der Waals surface area contributed by atoms with Crippen molar-refractivity contribution in [3.05, 3.63) is 46.9 Å². The van der Waals surface area contributed by atoms with Crippen LogP contribution in [-0.2, 0) is 4.74 Å². The molecule has 0 saturated carbocycles. The van der Waals surface area contributed by atoms with Crippen LogP contribution < -0.4 is 5.32 Å². The van der Waals surface area contributed by atoms with Gasteiger partial charge in [-0.3, -0.25) is 5.32 Å². The molecule has 6 heteroatoms. The number of imidazole rings is 1. The van der Waals surface area contributed by atoms with Crippen LogP contribution in [-0.4, -0.2) is 22.7 Å². The number of rotatable bonds is 3. The van der Waals surface area contributed by atoms with E-state index in [-0.39, 0.29) is 0 Å². The lowest BCUT2D eigenvalue weighted by atomic mass is 10.1. The lowest BCUT2D eigenvalue weighted by molar-refractivity contribution is 0.167. The molecule has 0 fully saturated rings. The summed E-state index contributed by atoms with van der Waals surface area (Å²) in [4.78, 5) is 18.9. The number of aromatic amines is 1. The molecule has 1 aromatic heterocycles. The van der Waals surface area contributed by atoms with Gasteiger partial charge in [0.1, 0.15) is 0 Å². The van der Waals surface area contributed by atoms with Crippen molar-refractivity contribution in [2.24, 2.45) is 0 Å². The minimum absolute atomic E-state index is 0.313. The third-order valence-corrected chi connectivity index (χ3v) is 3.77. The van der Waals surface area contributed by atoms with E-state index in [9.17, 15) is 4.79 Å². The van der Waals surface area contributed by atoms with E-state index in [1.165, 1.54) is 0 Å². The van der Waals surface area contributed by atoms with E-state index in [0.717, 1.165) is 26.6 Å². The summed E-state index contributed by atoms with van der Waals surface area (Å²) in [6, 6.07) is 14.0. The van der Waals surface area contributed by atoms with E-state index in [1.807, 2.05) is 42.5 Å². The van der Waals surface area contributed by atoms with Gasteiger partial charge in [-0.25, -0.2) is 9.78 Å². The topological polar surface area (TPSA) is 67.0 Å². The number of anilines is 1. The highest BCUT2D eigenvalue weighted by Crippen LogP contribution is 2.30. The molecule has 22 heavy (non-hydrogen) atoms. The summed E-state index contributed by atoms with van der Waals surface area (Å²) in [5.74, 6) is 0.361. The van der Waals surface area contributed by atoms with Crippen molar-refractivity contribution >= 4 is 39.0 Å². The van der Waals surface area contributed by atoms with Crippen molar-refractivity contribution in [1.82, 2.24) is 9.97 Å². The Kier molecular flexibility index (Phi) is 4.11. The third-order valence-electron chi connectivity index (χ3n) is 3.15. The molecule has 3 rings (SSSR count). The molecule has 0 radical (unpaired) electrons. The van der Waals surface area contributed by atoms with Crippen molar-refractivity contribution in [1.29, 1.82) is 0 Å². The number of amides is 1. The van der Waals surface area contributed by atoms with Crippen molar-refractivity contribution in [2.45, 2.75) is 6.92 Å². The summed E-state index contributed by atoms with van der Waals surface area (Å²) in [6.45, 7) is 2.06. The van der Waals surface area contributed by atoms with Crippen LogP contribution >= 0.6 is 15.9 Å². The van der Waals surface area contributed by atoms with Crippen LogP contribution in [0.15, 0.2) is 46.9 Å². The Balaban J connectivity index is 1.98. The molecule has 0 spiro atoms. The maximum absolute atomic E-state index is 11.5. The maximum atomic E-state index is 11.5. The Labute approximate surface area is 135 Å². The number of nitrogens with zero attached hydrogens (tertiary/aromatic N) is 1. The van der Waals surface area contributed by atoms with Gasteiger partial charge in [0.2, 0.25) is 5.95 Å². The summed E-state index contributed by atoms with van der Waals surface area (Å²) in [5, 5.41) is 2.57. The number of hydrogen-bond donors (Lipinski definition) is 2. The van der Waals surface area contributed by atoms with Crippen molar-refractivity contribution in [3.63, 3.8) is 0 Å². The SMILES string of the molecule is CCOC(=O)Nc1nc2cc(-c3ccccc3)cc(Br)c2[nH]1. The number of halogens is 1. The van der Waals surface area contributed by atoms with Crippen LogP contribution in [0.2, 0.25) is 0 Å². The first-order valence-corrected chi connectivity index (χ1v) is 7.65. The second-order valence-corrected chi connectivity index (χ2v) is 5.50. The van der Waals surface area contributed by atoms with Gasteiger partial charge < -0.3 is 9.72 Å². The Morgan fingerprint density at radius 2 is 2.05 bits per heavy atom. The third kappa shape index (κ3) is 2.96. The highest BCUT2D eigenvalue weighted by atomic mass is 79.9. The molecular weight excluding hydrogens is 346 g/mol. The molecule has 0 aliphatic heterocycles. The van der Waals surface area contributed by atoms with Gasteiger partial charge in [-0.05, 0) is 46.1 Å². The van der Waals surface area contributed by atoms with E-state index in [1.54, 1.807) is 6.92 Å². The molecule has 0 saturated heterocycles. The van der Waals surface area contributed by atoms with Gasteiger partial charge >= 0.3 is 6.09 Å². The first-order chi connectivity index (χ1) is 10.7. The van der Waals surface area contributed by atoms with Crippen molar-refractivity contribution in [2.75, 3.05) is 11.9 Å². The van der Waals surface area contributed by atoms with E-state index >= 15 is 0 Å². The zero-order valence-electron chi connectivity index (χ0n) is 11.9. The number of fused-ring (bicyclic) bond motifs is 1. The summed E-state index contributed by atoms with van der Waals surface area (Å²) in [5.41, 5.74) is 3.74. The van der Waals surface area contributed by atoms with Crippen LogP contribution in [0.4, 0.5) is 10.7 Å². The molecule has 2 N–H and O–H groups in total. The molecule has 0 atom stereocenters. The quantitative estimate of drug-likeness (QED) is 0.720. The normalized spacial score (nSPS) is 10.6. The van der Waals surface area contributed by atoms with Crippen LogP contribution in [0.5, 0.6) is 0 Å². The Hall–Kier alpha value is -2.34. The number of carbonyl (C=O) groups is 1. The molecular formula is C16H14BrN3O2. The van der Waals surface area contributed by atoms with Crippen LogP contribution in [0.25, 0.3) is 22.2 Å². The van der Waals surface area contributed by atoms with Crippen LogP contribution in [0.3, 0.4) is 0 Å². The molecule has 2 aromatic carbocycles. The maximum Gasteiger partial charge on any atom is 0.413 e. The largest absolute Gasteiger partial charge is 0.450 e.